The van der Waals surface area contributed by atoms with Crippen LogP contribution in [0.15, 0.2) is 46.1 Å². The topological polar surface area (TPSA) is 100 Å². The van der Waals surface area contributed by atoms with Crippen LogP contribution in [0.25, 0.3) is 0 Å². The highest BCUT2D eigenvalue weighted by Crippen LogP contribution is 2.14. The van der Waals surface area contributed by atoms with Gasteiger partial charge < -0.3 is 19.5 Å². The average molecular weight is 440 g/mol. The fraction of sp³-hybridized carbons (Fsp3) is 0.474. The fourth-order valence-electron chi connectivity index (χ4n) is 3.12. The molecule has 1 atom stereocenters. The zero-order valence-corrected chi connectivity index (χ0v) is 17.8. The molecule has 11 heteroatoms. The Bertz CT molecular complexity index is 926. The monoisotopic (exact) mass is 439 g/mol. The lowest BCUT2D eigenvalue weighted by atomic mass is 10.3. The number of halogens is 1. The quantitative estimate of drug-likeness (QED) is 0.513. The Morgan fingerprint density at radius 1 is 1.27 bits per heavy atom. The van der Waals surface area contributed by atoms with Gasteiger partial charge in [0, 0.05) is 39.3 Å². The Labute approximate surface area is 175 Å². The molecule has 0 amide bonds. The molecule has 0 aliphatic carbocycles. The molecule has 0 spiro atoms. The zero-order chi connectivity index (χ0) is 21.6. The van der Waals surface area contributed by atoms with E-state index < -0.39 is 10.0 Å². The number of piperazine rings is 1. The number of aliphatic imine (C=N–C) groups is 1. The van der Waals surface area contributed by atoms with Crippen LogP contribution in [0.2, 0.25) is 0 Å². The third-order valence-corrected chi connectivity index (χ3v) is 6.48. The number of hydrogen-bond donors (Lipinski definition) is 1. The molecule has 0 bridgehead atoms. The number of hydrogen-bond acceptors (Lipinski definition) is 6. The van der Waals surface area contributed by atoms with Gasteiger partial charge in [0.1, 0.15) is 29.7 Å². The van der Waals surface area contributed by atoms with Crippen molar-refractivity contribution in [3.8, 4) is 5.75 Å². The molecule has 1 aromatic carbocycles. The highest BCUT2D eigenvalue weighted by Gasteiger charge is 2.29. The van der Waals surface area contributed by atoms with Crippen LogP contribution in [-0.2, 0) is 15.8 Å². The van der Waals surface area contributed by atoms with Gasteiger partial charge in [-0.3, -0.25) is 4.99 Å². The van der Waals surface area contributed by atoms with Crippen LogP contribution in [0.1, 0.15) is 12.6 Å². The minimum Gasteiger partial charge on any atom is -0.489 e. The van der Waals surface area contributed by atoms with E-state index in [9.17, 15) is 12.8 Å². The molecule has 1 fully saturated rings. The van der Waals surface area contributed by atoms with Gasteiger partial charge in [-0.25, -0.2) is 12.8 Å². The van der Waals surface area contributed by atoms with Crippen LogP contribution in [0.4, 0.5) is 4.39 Å². The summed E-state index contributed by atoms with van der Waals surface area (Å²) in [7, 11) is -1.77. The minimum absolute atomic E-state index is 0.170. The van der Waals surface area contributed by atoms with Gasteiger partial charge in [-0.2, -0.15) is 4.31 Å². The van der Waals surface area contributed by atoms with Crippen LogP contribution in [0.3, 0.4) is 0 Å². The Kier molecular flexibility index (Phi) is 7.27. The summed E-state index contributed by atoms with van der Waals surface area (Å²) in [5, 5.41) is 6.92. The second-order valence-electron chi connectivity index (χ2n) is 6.94. The van der Waals surface area contributed by atoms with Crippen molar-refractivity contribution in [2.45, 2.75) is 18.8 Å². The van der Waals surface area contributed by atoms with Crippen LogP contribution in [0.5, 0.6) is 5.75 Å². The predicted molar refractivity (Wildman–Crippen MR) is 110 cm³/mol. The number of ether oxygens (including phenoxy) is 1. The van der Waals surface area contributed by atoms with Gasteiger partial charge in [0.2, 0.25) is 10.0 Å². The van der Waals surface area contributed by atoms with Crippen molar-refractivity contribution >= 4 is 16.0 Å². The maximum absolute atomic E-state index is 13.0. The van der Waals surface area contributed by atoms with E-state index in [0.717, 1.165) is 0 Å². The summed E-state index contributed by atoms with van der Waals surface area (Å²) in [4.78, 5) is 6.29. The van der Waals surface area contributed by atoms with Gasteiger partial charge in [-0.05, 0) is 31.2 Å². The molecule has 2 aromatic rings. The first-order chi connectivity index (χ1) is 14.4. The molecule has 30 heavy (non-hydrogen) atoms. The Morgan fingerprint density at radius 2 is 1.97 bits per heavy atom. The second kappa shape index (κ2) is 9.90. The Balaban J connectivity index is 1.47. The van der Waals surface area contributed by atoms with Crippen molar-refractivity contribution in [3.63, 3.8) is 0 Å². The smallest absolute Gasteiger partial charge is 0.220 e. The molecule has 164 valence electrons. The third kappa shape index (κ3) is 5.92. The van der Waals surface area contributed by atoms with Crippen LogP contribution < -0.4 is 10.1 Å². The molecule has 1 aliphatic heterocycles. The molecule has 1 N–H and O–H groups in total. The number of nitrogens with one attached hydrogen (secondary N) is 1. The number of nitrogens with zero attached hydrogens (tertiary/aromatic N) is 4. The summed E-state index contributed by atoms with van der Waals surface area (Å²) >= 11 is 0. The van der Waals surface area contributed by atoms with E-state index in [1.165, 1.54) is 22.7 Å². The molecule has 1 unspecified atom stereocenters. The molecule has 0 saturated carbocycles. The van der Waals surface area contributed by atoms with Crippen molar-refractivity contribution in [2.24, 2.45) is 4.99 Å². The van der Waals surface area contributed by atoms with Gasteiger partial charge in [-0.15, -0.1) is 0 Å². The van der Waals surface area contributed by atoms with Crippen molar-refractivity contribution in [2.75, 3.05) is 39.8 Å². The van der Waals surface area contributed by atoms with E-state index in [1.807, 2.05) is 11.8 Å². The van der Waals surface area contributed by atoms with Gasteiger partial charge in [-0.1, -0.05) is 5.16 Å². The van der Waals surface area contributed by atoms with Crippen LogP contribution in [0, 0.1) is 5.82 Å². The first-order valence-electron chi connectivity index (χ1n) is 9.62. The number of sulfonamides is 1. The summed E-state index contributed by atoms with van der Waals surface area (Å²) in [6, 6.07) is 7.42. The molecule has 1 aromatic heterocycles. The summed E-state index contributed by atoms with van der Waals surface area (Å²) in [6.45, 7) is 4.16. The minimum atomic E-state index is -3.45. The summed E-state index contributed by atoms with van der Waals surface area (Å²) in [6.07, 6.45) is 1.19. The van der Waals surface area contributed by atoms with Crippen molar-refractivity contribution in [3.05, 3.63) is 48.1 Å². The van der Waals surface area contributed by atoms with E-state index in [4.69, 9.17) is 9.26 Å². The fourth-order valence-corrected chi connectivity index (χ4v) is 4.55. The normalized spacial score (nSPS) is 17.0. The molecule has 1 saturated heterocycles. The van der Waals surface area contributed by atoms with E-state index in [2.05, 4.69) is 15.5 Å². The molecule has 9 nitrogen and oxygen atoms in total. The summed E-state index contributed by atoms with van der Waals surface area (Å²) in [5.41, 5.74) is 0.394. The van der Waals surface area contributed by atoms with Crippen molar-refractivity contribution in [1.29, 1.82) is 0 Å². The molecule has 1 aliphatic rings. The average Bonchev–Trinajstić information content (AvgIpc) is 3.23. The summed E-state index contributed by atoms with van der Waals surface area (Å²) < 4.78 is 50.0. The van der Waals surface area contributed by atoms with E-state index in [1.54, 1.807) is 25.2 Å². The molecular weight excluding hydrogens is 413 g/mol. The third-order valence-electron chi connectivity index (χ3n) is 4.66. The van der Waals surface area contributed by atoms with Gasteiger partial charge >= 0.3 is 0 Å². The van der Waals surface area contributed by atoms with Crippen molar-refractivity contribution in [1.82, 2.24) is 19.7 Å². The lowest BCUT2D eigenvalue weighted by Gasteiger charge is -2.36. The lowest BCUT2D eigenvalue weighted by Crippen LogP contribution is -2.54. The first kappa shape index (κ1) is 22.0. The lowest BCUT2D eigenvalue weighted by molar-refractivity contribution is 0.218. The summed E-state index contributed by atoms with van der Waals surface area (Å²) in [5.74, 6) is 0.787. The first-order valence-corrected chi connectivity index (χ1v) is 11.2. The van der Waals surface area contributed by atoms with E-state index in [-0.39, 0.29) is 17.7 Å². The largest absolute Gasteiger partial charge is 0.489 e. The number of rotatable bonds is 7. The zero-order valence-electron chi connectivity index (χ0n) is 17.0. The predicted octanol–water partition coefficient (Wildman–Crippen LogP) is 1.30. The highest BCUT2D eigenvalue weighted by atomic mass is 32.2. The highest BCUT2D eigenvalue weighted by molar-refractivity contribution is 7.88. The van der Waals surface area contributed by atoms with E-state index in [0.29, 0.717) is 50.1 Å². The van der Waals surface area contributed by atoms with E-state index >= 15 is 0 Å². The maximum Gasteiger partial charge on any atom is 0.220 e. The Hall–Kier alpha value is -2.66. The number of benzene rings is 1. The maximum atomic E-state index is 13.0. The molecular formula is C19H26FN5O4S. The second-order valence-corrected chi connectivity index (χ2v) is 8.91. The van der Waals surface area contributed by atoms with Crippen LogP contribution in [-0.4, -0.2) is 74.6 Å². The van der Waals surface area contributed by atoms with Crippen LogP contribution >= 0.6 is 0 Å². The van der Waals surface area contributed by atoms with Gasteiger partial charge in [0.25, 0.3) is 0 Å². The Morgan fingerprint density at radius 3 is 2.57 bits per heavy atom. The molecule has 3 rings (SSSR count). The SMILES string of the molecule is CN=C(NCC(C)Oc1ccc(F)cc1)N1CCN(S(=O)(=O)Cc2ccon2)CC1. The van der Waals surface area contributed by atoms with Gasteiger partial charge in [0.15, 0.2) is 5.96 Å². The van der Waals surface area contributed by atoms with Crippen molar-refractivity contribution < 1.29 is 22.1 Å². The number of aromatic nitrogens is 1. The molecule has 2 heterocycles. The molecule has 0 radical (unpaired) electrons. The van der Waals surface area contributed by atoms with Gasteiger partial charge in [0.05, 0.1) is 12.2 Å². The standard InChI is InChI=1S/C19H26FN5O4S/c1-15(29-18-5-3-16(20)4-6-18)13-22-19(21-2)24-8-10-25(11-9-24)30(26,27)14-17-7-12-28-23-17/h3-7,12,15H,8-11,13-14H2,1-2H3,(H,21,22). The number of guanidine groups is 1.